The minimum atomic E-state index is -0.186. The van der Waals surface area contributed by atoms with Crippen molar-refractivity contribution in [1.29, 1.82) is 0 Å². The van der Waals surface area contributed by atoms with Crippen molar-refractivity contribution in [2.24, 2.45) is 0 Å². The van der Waals surface area contributed by atoms with Gasteiger partial charge in [0.25, 0.3) is 5.56 Å². The van der Waals surface area contributed by atoms with Crippen LogP contribution < -0.4 is 11.3 Å². The topological polar surface area (TPSA) is 84.7 Å². The van der Waals surface area contributed by atoms with Crippen molar-refractivity contribution in [2.75, 3.05) is 5.73 Å². The van der Waals surface area contributed by atoms with Crippen LogP contribution >= 0.6 is 11.3 Å². The van der Waals surface area contributed by atoms with Crippen molar-refractivity contribution in [3.63, 3.8) is 0 Å². The molecule has 0 atom stereocenters. The predicted molar refractivity (Wildman–Crippen MR) is 82.0 cm³/mol. The Hall–Kier alpha value is -2.21. The zero-order valence-corrected chi connectivity index (χ0v) is 12.0. The third kappa shape index (κ3) is 2.08. The summed E-state index contributed by atoms with van der Waals surface area (Å²) in [6.45, 7) is 3.84. The number of nitrogens with zero attached hydrogens (tertiary/aromatic N) is 2. The first-order chi connectivity index (χ1) is 9.56. The van der Waals surface area contributed by atoms with Crippen LogP contribution in [0.5, 0.6) is 0 Å². The summed E-state index contributed by atoms with van der Waals surface area (Å²) in [6, 6.07) is 3.91. The molecular weight excluding hydrogens is 272 g/mol. The van der Waals surface area contributed by atoms with Gasteiger partial charge in [0.15, 0.2) is 0 Å². The molecule has 0 aliphatic carbocycles. The van der Waals surface area contributed by atoms with Crippen LogP contribution in [0.4, 0.5) is 5.82 Å². The molecule has 0 bridgehead atoms. The normalized spacial score (nSPS) is 11.3. The summed E-state index contributed by atoms with van der Waals surface area (Å²) in [7, 11) is 0. The van der Waals surface area contributed by atoms with Crippen LogP contribution in [-0.4, -0.2) is 15.0 Å². The van der Waals surface area contributed by atoms with Gasteiger partial charge < -0.3 is 10.7 Å². The summed E-state index contributed by atoms with van der Waals surface area (Å²) in [4.78, 5) is 23.5. The number of H-pyrrole nitrogens is 1. The molecule has 102 valence electrons. The molecule has 0 aromatic carbocycles. The van der Waals surface area contributed by atoms with E-state index in [1.54, 1.807) is 17.5 Å². The molecule has 3 heterocycles. The molecule has 20 heavy (non-hydrogen) atoms. The SMILES string of the molecule is CC(C)c1c(N)nc(-c2cnc3ccsc3c2)[nH]c1=O. The van der Waals surface area contributed by atoms with Gasteiger partial charge in [0.05, 0.1) is 15.8 Å². The van der Waals surface area contributed by atoms with Gasteiger partial charge in [0.2, 0.25) is 0 Å². The molecule has 3 aromatic heterocycles. The number of fused-ring (bicyclic) bond motifs is 1. The second-order valence-corrected chi connectivity index (χ2v) is 5.84. The van der Waals surface area contributed by atoms with Gasteiger partial charge in [-0.05, 0) is 23.4 Å². The van der Waals surface area contributed by atoms with E-state index in [0.29, 0.717) is 11.4 Å². The number of thiophene rings is 1. The van der Waals surface area contributed by atoms with Crippen molar-refractivity contribution in [1.82, 2.24) is 15.0 Å². The van der Waals surface area contributed by atoms with Gasteiger partial charge in [-0.15, -0.1) is 11.3 Å². The van der Waals surface area contributed by atoms with Gasteiger partial charge in [0, 0.05) is 11.8 Å². The molecule has 0 radical (unpaired) electrons. The summed E-state index contributed by atoms with van der Waals surface area (Å²) in [5.74, 6) is 0.780. The molecule has 3 rings (SSSR count). The maximum Gasteiger partial charge on any atom is 0.256 e. The largest absolute Gasteiger partial charge is 0.383 e. The molecule has 3 aromatic rings. The first kappa shape index (κ1) is 12.8. The third-order valence-corrected chi connectivity index (χ3v) is 3.99. The highest BCUT2D eigenvalue weighted by molar-refractivity contribution is 7.17. The average Bonchev–Trinajstić information content (AvgIpc) is 2.84. The molecule has 3 N–H and O–H groups in total. The van der Waals surface area contributed by atoms with Gasteiger partial charge in [-0.3, -0.25) is 9.78 Å². The second-order valence-electron chi connectivity index (χ2n) is 4.90. The number of rotatable bonds is 2. The number of hydrogen-bond donors (Lipinski definition) is 2. The van der Waals surface area contributed by atoms with Gasteiger partial charge in [-0.2, -0.15) is 0 Å². The Morgan fingerprint density at radius 3 is 2.90 bits per heavy atom. The van der Waals surface area contributed by atoms with Crippen molar-refractivity contribution >= 4 is 27.4 Å². The van der Waals surface area contributed by atoms with Crippen LogP contribution in [-0.2, 0) is 0 Å². The van der Waals surface area contributed by atoms with Crippen LogP contribution in [0.2, 0.25) is 0 Å². The number of aromatic nitrogens is 3. The third-order valence-electron chi connectivity index (χ3n) is 3.14. The lowest BCUT2D eigenvalue weighted by molar-refractivity contribution is 0.837. The van der Waals surface area contributed by atoms with Crippen LogP contribution in [0, 0.1) is 0 Å². The maximum atomic E-state index is 12.1. The van der Waals surface area contributed by atoms with E-state index in [4.69, 9.17) is 5.73 Å². The molecule has 0 unspecified atom stereocenters. The smallest absolute Gasteiger partial charge is 0.256 e. The summed E-state index contributed by atoms with van der Waals surface area (Å²) >= 11 is 1.60. The fraction of sp³-hybridized carbons (Fsp3) is 0.214. The highest BCUT2D eigenvalue weighted by Crippen LogP contribution is 2.24. The summed E-state index contributed by atoms with van der Waals surface area (Å²) in [5.41, 5.74) is 7.95. The maximum absolute atomic E-state index is 12.1. The average molecular weight is 286 g/mol. The standard InChI is InChI=1S/C14H14N4OS/c1-7(2)11-12(15)17-13(18-14(11)19)8-5-10-9(16-6-8)3-4-20-10/h3-7H,1-2H3,(H3,15,17,18,19). The zero-order chi connectivity index (χ0) is 14.3. The number of nitrogen functional groups attached to an aromatic ring is 1. The van der Waals surface area contributed by atoms with E-state index in [9.17, 15) is 4.79 Å². The molecule has 0 amide bonds. The number of nitrogens with two attached hydrogens (primary N) is 1. The second kappa shape index (κ2) is 4.72. The molecule has 0 saturated heterocycles. The molecule has 0 aliphatic rings. The predicted octanol–water partition coefficient (Wildman–Crippen LogP) is 2.75. The van der Waals surface area contributed by atoms with E-state index in [1.165, 1.54) is 0 Å². The van der Waals surface area contributed by atoms with Crippen molar-refractivity contribution in [3.8, 4) is 11.4 Å². The highest BCUT2D eigenvalue weighted by atomic mass is 32.1. The molecule has 0 fully saturated rings. The Morgan fingerprint density at radius 2 is 2.20 bits per heavy atom. The van der Waals surface area contributed by atoms with Crippen LogP contribution in [0.3, 0.4) is 0 Å². The van der Waals surface area contributed by atoms with E-state index >= 15 is 0 Å². The fourth-order valence-electron chi connectivity index (χ4n) is 2.17. The Morgan fingerprint density at radius 1 is 1.40 bits per heavy atom. The van der Waals surface area contributed by atoms with Gasteiger partial charge in [-0.25, -0.2) is 4.98 Å². The van der Waals surface area contributed by atoms with E-state index in [2.05, 4.69) is 15.0 Å². The lowest BCUT2D eigenvalue weighted by Crippen LogP contribution is -2.19. The molecular formula is C14H14N4OS. The van der Waals surface area contributed by atoms with Crippen molar-refractivity contribution < 1.29 is 0 Å². The molecule has 0 spiro atoms. The van der Waals surface area contributed by atoms with Crippen molar-refractivity contribution in [2.45, 2.75) is 19.8 Å². The first-order valence-corrected chi connectivity index (χ1v) is 7.17. The highest BCUT2D eigenvalue weighted by Gasteiger charge is 2.13. The molecule has 5 nitrogen and oxygen atoms in total. The lowest BCUT2D eigenvalue weighted by Gasteiger charge is -2.09. The van der Waals surface area contributed by atoms with Crippen LogP contribution in [0.25, 0.3) is 21.6 Å². The van der Waals surface area contributed by atoms with E-state index in [-0.39, 0.29) is 17.3 Å². The van der Waals surface area contributed by atoms with E-state index < -0.39 is 0 Å². The Labute approximate surface area is 119 Å². The van der Waals surface area contributed by atoms with E-state index in [0.717, 1.165) is 15.8 Å². The Balaban J connectivity index is 2.17. The fourth-order valence-corrected chi connectivity index (χ4v) is 2.95. The molecule has 6 heteroatoms. The van der Waals surface area contributed by atoms with Gasteiger partial charge >= 0.3 is 0 Å². The van der Waals surface area contributed by atoms with Crippen LogP contribution in [0.15, 0.2) is 28.5 Å². The molecule has 0 saturated carbocycles. The number of aromatic amines is 1. The number of anilines is 1. The summed E-state index contributed by atoms with van der Waals surface area (Å²) in [5, 5.41) is 1.98. The van der Waals surface area contributed by atoms with Gasteiger partial charge in [-0.1, -0.05) is 13.8 Å². The van der Waals surface area contributed by atoms with Gasteiger partial charge in [0.1, 0.15) is 11.6 Å². The summed E-state index contributed by atoms with van der Waals surface area (Å²) < 4.78 is 1.05. The number of nitrogens with one attached hydrogen (secondary N) is 1. The number of pyridine rings is 1. The molecule has 0 aliphatic heterocycles. The quantitative estimate of drug-likeness (QED) is 0.758. The van der Waals surface area contributed by atoms with Crippen molar-refractivity contribution in [3.05, 3.63) is 39.6 Å². The van der Waals surface area contributed by atoms with E-state index in [1.807, 2.05) is 31.4 Å². The first-order valence-electron chi connectivity index (χ1n) is 6.29. The minimum Gasteiger partial charge on any atom is -0.383 e. The Kier molecular flexibility index (Phi) is 3.02. The monoisotopic (exact) mass is 286 g/mol. The summed E-state index contributed by atoms with van der Waals surface area (Å²) in [6.07, 6.45) is 1.70. The Bertz CT molecular complexity index is 835. The zero-order valence-electron chi connectivity index (χ0n) is 11.2. The number of hydrogen-bond acceptors (Lipinski definition) is 5. The minimum absolute atomic E-state index is 0.0400. The lowest BCUT2D eigenvalue weighted by atomic mass is 10.1. The van der Waals surface area contributed by atoms with Crippen LogP contribution in [0.1, 0.15) is 25.3 Å².